The van der Waals surface area contributed by atoms with Crippen LogP contribution >= 0.6 is 0 Å². The van der Waals surface area contributed by atoms with Gasteiger partial charge in [-0.15, -0.1) is 0 Å². The van der Waals surface area contributed by atoms with Gasteiger partial charge in [-0.05, 0) is 0 Å². The minimum Gasteiger partial charge on any atom is -0.387 e. The summed E-state index contributed by atoms with van der Waals surface area (Å²) < 4.78 is 0. The molecular formula is C3H6N4. The molecule has 0 fully saturated rings. The summed E-state index contributed by atoms with van der Waals surface area (Å²) in [5.74, 6) is -0.123. The standard InChI is InChI=1S/C3H6N4/c4-1-2(5)3(6)7/h5-7H2. The molecule has 0 amide bonds. The van der Waals surface area contributed by atoms with E-state index in [1.165, 1.54) is 0 Å². The maximum atomic E-state index is 7.91. The van der Waals surface area contributed by atoms with Crippen molar-refractivity contribution in [2.75, 3.05) is 0 Å². The molecule has 38 valence electrons. The monoisotopic (exact) mass is 98.1 g/mol. The van der Waals surface area contributed by atoms with Gasteiger partial charge in [-0.2, -0.15) is 5.26 Å². The van der Waals surface area contributed by atoms with Crippen molar-refractivity contribution >= 4 is 0 Å². The molecule has 6 N–H and O–H groups in total. The SMILES string of the molecule is N#CC(N)=C(N)N. The topological polar surface area (TPSA) is 102 Å². The van der Waals surface area contributed by atoms with Crippen LogP contribution in [0.25, 0.3) is 0 Å². The van der Waals surface area contributed by atoms with Crippen LogP contribution in [-0.4, -0.2) is 0 Å². The van der Waals surface area contributed by atoms with Gasteiger partial charge in [-0.25, -0.2) is 0 Å². The molecule has 0 aromatic heterocycles. The molecule has 0 atom stereocenters. The maximum Gasteiger partial charge on any atom is 0.151 e. The predicted octanol–water partition coefficient (Wildman–Crippen LogP) is -1.44. The second kappa shape index (κ2) is 1.92. The fourth-order valence-corrected chi connectivity index (χ4v) is 0.0645. The molecule has 0 aromatic rings. The van der Waals surface area contributed by atoms with Crippen molar-refractivity contribution in [3.05, 3.63) is 11.5 Å². The van der Waals surface area contributed by atoms with E-state index in [0.717, 1.165) is 0 Å². The van der Waals surface area contributed by atoms with Gasteiger partial charge in [0.25, 0.3) is 0 Å². The van der Waals surface area contributed by atoms with Crippen molar-refractivity contribution < 1.29 is 0 Å². The first-order valence-electron chi connectivity index (χ1n) is 1.59. The lowest BCUT2D eigenvalue weighted by Crippen LogP contribution is -2.15. The lowest BCUT2D eigenvalue weighted by atomic mass is 10.5. The first kappa shape index (κ1) is 5.63. The number of allylic oxidation sites excluding steroid dienone is 1. The first-order valence-corrected chi connectivity index (χ1v) is 1.59. The molecule has 7 heavy (non-hydrogen) atoms. The Bertz CT molecular complexity index is 124. The van der Waals surface area contributed by atoms with Crippen LogP contribution in [0.1, 0.15) is 0 Å². The van der Waals surface area contributed by atoms with Gasteiger partial charge in [-0.3, -0.25) is 0 Å². The van der Waals surface area contributed by atoms with E-state index in [1.807, 2.05) is 0 Å². The van der Waals surface area contributed by atoms with Crippen LogP contribution < -0.4 is 17.2 Å². The first-order chi connectivity index (χ1) is 3.18. The van der Waals surface area contributed by atoms with Crippen LogP contribution in [0.2, 0.25) is 0 Å². The van der Waals surface area contributed by atoms with Crippen molar-refractivity contribution in [2.45, 2.75) is 0 Å². The Hall–Kier alpha value is -1.37. The van der Waals surface area contributed by atoms with Gasteiger partial charge in [0.05, 0.1) is 0 Å². The molecule has 0 spiro atoms. The fourth-order valence-electron chi connectivity index (χ4n) is 0.0645. The molecule has 0 aliphatic carbocycles. The minimum atomic E-state index is -0.125. The second-order valence-electron chi connectivity index (χ2n) is 0.981. The third-order valence-electron chi connectivity index (χ3n) is 0.431. The second-order valence-corrected chi connectivity index (χ2v) is 0.981. The maximum absolute atomic E-state index is 7.91. The summed E-state index contributed by atoms with van der Waals surface area (Å²) in [7, 11) is 0. The third-order valence-corrected chi connectivity index (χ3v) is 0.431. The number of nitrogens with zero attached hydrogens (tertiary/aromatic N) is 1. The molecule has 4 nitrogen and oxygen atoms in total. The van der Waals surface area contributed by atoms with E-state index in [1.54, 1.807) is 6.07 Å². The van der Waals surface area contributed by atoms with E-state index in [4.69, 9.17) is 22.5 Å². The average molecular weight is 98.1 g/mol. The van der Waals surface area contributed by atoms with Gasteiger partial charge in [0, 0.05) is 0 Å². The number of hydrogen-bond donors (Lipinski definition) is 3. The number of hydrogen-bond acceptors (Lipinski definition) is 4. The van der Waals surface area contributed by atoms with Gasteiger partial charge in [0.1, 0.15) is 11.9 Å². The van der Waals surface area contributed by atoms with Crippen LogP contribution in [-0.2, 0) is 0 Å². The summed E-state index contributed by atoms with van der Waals surface area (Å²) in [5, 5.41) is 7.91. The largest absolute Gasteiger partial charge is 0.387 e. The Morgan fingerprint density at radius 2 is 1.71 bits per heavy atom. The zero-order chi connectivity index (χ0) is 5.86. The van der Waals surface area contributed by atoms with E-state index in [-0.39, 0.29) is 11.5 Å². The predicted molar refractivity (Wildman–Crippen MR) is 25.2 cm³/mol. The number of nitrogens with two attached hydrogens (primary N) is 3. The normalized spacial score (nSPS) is 6.71. The minimum absolute atomic E-state index is 0.123. The van der Waals surface area contributed by atoms with Gasteiger partial charge in [0.15, 0.2) is 5.70 Å². The molecule has 0 heterocycles. The smallest absolute Gasteiger partial charge is 0.151 e. The Morgan fingerprint density at radius 1 is 1.29 bits per heavy atom. The molecule has 0 aromatic carbocycles. The van der Waals surface area contributed by atoms with E-state index in [2.05, 4.69) is 0 Å². The van der Waals surface area contributed by atoms with Gasteiger partial charge in [0.2, 0.25) is 0 Å². The summed E-state index contributed by atoms with van der Waals surface area (Å²) in [5.41, 5.74) is 14.5. The van der Waals surface area contributed by atoms with E-state index >= 15 is 0 Å². The van der Waals surface area contributed by atoms with Crippen LogP contribution in [0, 0.1) is 11.3 Å². The van der Waals surface area contributed by atoms with E-state index in [9.17, 15) is 0 Å². The van der Waals surface area contributed by atoms with Crippen LogP contribution in [0.15, 0.2) is 11.5 Å². The summed E-state index contributed by atoms with van der Waals surface area (Å²) >= 11 is 0. The van der Waals surface area contributed by atoms with Crippen molar-refractivity contribution in [3.8, 4) is 6.07 Å². The lowest BCUT2D eigenvalue weighted by Gasteiger charge is -1.86. The Balaban J connectivity index is 4.07. The quantitative estimate of drug-likeness (QED) is 0.323. The van der Waals surface area contributed by atoms with Gasteiger partial charge in [-0.1, -0.05) is 0 Å². The fraction of sp³-hybridized carbons (Fsp3) is 0. The van der Waals surface area contributed by atoms with Crippen LogP contribution in [0.3, 0.4) is 0 Å². The van der Waals surface area contributed by atoms with Gasteiger partial charge < -0.3 is 17.2 Å². The Kier molecular flexibility index (Phi) is 1.55. The Morgan fingerprint density at radius 3 is 1.71 bits per heavy atom. The zero-order valence-corrected chi connectivity index (χ0v) is 3.68. The molecule has 4 heteroatoms. The molecule has 0 bridgehead atoms. The van der Waals surface area contributed by atoms with Crippen molar-refractivity contribution in [2.24, 2.45) is 17.2 Å². The molecule has 0 unspecified atom stereocenters. The molecule has 0 rings (SSSR count). The van der Waals surface area contributed by atoms with Crippen molar-refractivity contribution in [1.82, 2.24) is 0 Å². The zero-order valence-electron chi connectivity index (χ0n) is 3.68. The molecule has 0 radical (unpaired) electrons. The lowest BCUT2D eigenvalue weighted by molar-refractivity contribution is 1.17. The molecular weight excluding hydrogens is 92.1 g/mol. The van der Waals surface area contributed by atoms with Crippen LogP contribution in [0.4, 0.5) is 0 Å². The summed E-state index contributed by atoms with van der Waals surface area (Å²) in [6.45, 7) is 0. The van der Waals surface area contributed by atoms with Crippen LogP contribution in [0.5, 0.6) is 0 Å². The number of nitriles is 1. The highest BCUT2D eigenvalue weighted by Crippen LogP contribution is 1.74. The summed E-state index contributed by atoms with van der Waals surface area (Å²) in [6.07, 6.45) is 0. The molecule has 0 aliphatic rings. The molecule has 0 saturated heterocycles. The average Bonchev–Trinajstić information content (AvgIpc) is 1.65. The number of rotatable bonds is 0. The van der Waals surface area contributed by atoms with E-state index < -0.39 is 0 Å². The highest BCUT2D eigenvalue weighted by Gasteiger charge is 1.85. The molecule has 0 aliphatic heterocycles. The highest BCUT2D eigenvalue weighted by atomic mass is 14.8. The van der Waals surface area contributed by atoms with Crippen molar-refractivity contribution in [3.63, 3.8) is 0 Å². The summed E-state index contributed by atoms with van der Waals surface area (Å²) in [4.78, 5) is 0. The van der Waals surface area contributed by atoms with Gasteiger partial charge >= 0.3 is 0 Å². The third kappa shape index (κ3) is 1.49. The van der Waals surface area contributed by atoms with Crippen molar-refractivity contribution in [1.29, 1.82) is 5.26 Å². The summed E-state index contributed by atoms with van der Waals surface area (Å²) in [6, 6.07) is 1.57. The Labute approximate surface area is 41.2 Å². The molecule has 0 saturated carbocycles. The van der Waals surface area contributed by atoms with E-state index in [0.29, 0.717) is 0 Å². The highest BCUT2D eigenvalue weighted by molar-refractivity contribution is 5.19.